The zero-order valence-corrected chi connectivity index (χ0v) is 9.85. The third-order valence-electron chi connectivity index (χ3n) is 1.91. The number of ether oxygens (including phenoxy) is 1. The van der Waals surface area contributed by atoms with Crippen LogP contribution in [-0.4, -0.2) is 11.7 Å². The minimum Gasteiger partial charge on any atom is -0.492 e. The van der Waals surface area contributed by atoms with Crippen LogP contribution in [0, 0.1) is 0 Å². The molecule has 1 aromatic rings. The smallest absolute Gasteiger partial charge is 0.138 e. The molecule has 1 atom stereocenters. The summed E-state index contributed by atoms with van der Waals surface area (Å²) in [5.41, 5.74) is 0.430. The predicted octanol–water partition coefficient (Wildman–Crippen LogP) is 3.61. The lowest BCUT2D eigenvalue weighted by molar-refractivity contribution is 0.228. The fourth-order valence-electron chi connectivity index (χ4n) is 1.21. The Kier molecular flexibility index (Phi) is 4.45. The van der Waals surface area contributed by atoms with Gasteiger partial charge in [0.15, 0.2) is 0 Å². The average Bonchev–Trinajstić information content (AvgIpc) is 2.22. The second kappa shape index (κ2) is 5.40. The first-order valence-corrected chi connectivity index (χ1v) is 5.28. The van der Waals surface area contributed by atoms with Crippen LogP contribution in [0.5, 0.6) is 5.75 Å². The van der Waals surface area contributed by atoms with Gasteiger partial charge in [-0.25, -0.2) is 0 Å². The van der Waals surface area contributed by atoms with Crippen molar-refractivity contribution < 1.29 is 9.84 Å². The maximum Gasteiger partial charge on any atom is 0.138 e. The normalized spacial score (nSPS) is 12.3. The first-order valence-electron chi connectivity index (χ1n) is 4.53. The van der Waals surface area contributed by atoms with Crippen LogP contribution >= 0.6 is 23.2 Å². The van der Waals surface area contributed by atoms with Crippen molar-refractivity contribution in [2.75, 3.05) is 6.61 Å². The van der Waals surface area contributed by atoms with Crippen LogP contribution in [-0.2, 0) is 0 Å². The lowest BCUT2D eigenvalue weighted by atomic mass is 10.1. The molecule has 1 aromatic carbocycles. The van der Waals surface area contributed by atoms with Crippen molar-refractivity contribution in [3.8, 4) is 5.75 Å². The Hall–Kier alpha value is -0.700. The molecule has 82 valence electrons. The summed E-state index contributed by atoms with van der Waals surface area (Å²) in [5, 5.41) is 10.4. The van der Waals surface area contributed by atoms with E-state index in [9.17, 15) is 5.11 Å². The van der Waals surface area contributed by atoms with E-state index in [4.69, 9.17) is 27.9 Å². The Morgan fingerprint density at radius 1 is 1.53 bits per heavy atom. The maximum absolute atomic E-state index is 9.64. The van der Waals surface area contributed by atoms with E-state index in [2.05, 4.69) is 6.58 Å². The van der Waals surface area contributed by atoms with Gasteiger partial charge in [-0.05, 0) is 19.1 Å². The number of aliphatic hydroxyl groups excluding tert-OH is 1. The van der Waals surface area contributed by atoms with E-state index < -0.39 is 6.10 Å². The van der Waals surface area contributed by atoms with E-state index >= 15 is 0 Å². The van der Waals surface area contributed by atoms with Crippen molar-refractivity contribution in [3.05, 3.63) is 40.4 Å². The number of aliphatic hydroxyl groups is 1. The highest BCUT2D eigenvalue weighted by Crippen LogP contribution is 2.37. The fraction of sp³-hybridized carbons (Fsp3) is 0.273. The molecule has 0 heterocycles. The van der Waals surface area contributed by atoms with Gasteiger partial charge in [0.25, 0.3) is 0 Å². The minimum absolute atomic E-state index is 0.330. The first-order chi connectivity index (χ1) is 7.11. The molecule has 0 radical (unpaired) electrons. The summed E-state index contributed by atoms with van der Waals surface area (Å²) in [7, 11) is 0. The van der Waals surface area contributed by atoms with Crippen LogP contribution in [0.15, 0.2) is 24.8 Å². The van der Waals surface area contributed by atoms with Crippen LogP contribution in [0.3, 0.4) is 0 Å². The van der Waals surface area contributed by atoms with Crippen LogP contribution in [0.4, 0.5) is 0 Å². The Bertz CT molecular complexity index is 364. The van der Waals surface area contributed by atoms with Crippen LogP contribution < -0.4 is 4.74 Å². The summed E-state index contributed by atoms with van der Waals surface area (Å²) in [6.45, 7) is 5.85. The number of benzene rings is 1. The zero-order valence-electron chi connectivity index (χ0n) is 8.34. The molecule has 4 heteroatoms. The highest BCUT2D eigenvalue weighted by Gasteiger charge is 2.16. The SMILES string of the molecule is C=CC(O)c1c(Cl)ccc(OCC)c1Cl. The number of hydrogen-bond donors (Lipinski definition) is 1. The van der Waals surface area contributed by atoms with Gasteiger partial charge in [-0.1, -0.05) is 29.3 Å². The molecule has 0 aromatic heterocycles. The third-order valence-corrected chi connectivity index (χ3v) is 2.63. The molecule has 0 amide bonds. The Morgan fingerprint density at radius 2 is 2.20 bits per heavy atom. The average molecular weight is 247 g/mol. The quantitative estimate of drug-likeness (QED) is 0.823. The highest BCUT2D eigenvalue weighted by atomic mass is 35.5. The molecule has 0 spiro atoms. The van der Waals surface area contributed by atoms with E-state index in [1.54, 1.807) is 12.1 Å². The molecule has 0 aliphatic rings. The van der Waals surface area contributed by atoms with E-state index in [-0.39, 0.29) is 0 Å². The highest BCUT2D eigenvalue weighted by molar-refractivity contribution is 6.37. The molecule has 2 nitrogen and oxygen atoms in total. The maximum atomic E-state index is 9.64. The van der Waals surface area contributed by atoms with Crippen molar-refractivity contribution in [2.24, 2.45) is 0 Å². The molecule has 0 saturated heterocycles. The van der Waals surface area contributed by atoms with Gasteiger partial charge in [0, 0.05) is 10.6 Å². The molecular formula is C11H12Cl2O2. The number of hydrogen-bond acceptors (Lipinski definition) is 2. The van der Waals surface area contributed by atoms with Crippen molar-refractivity contribution in [1.29, 1.82) is 0 Å². The van der Waals surface area contributed by atoms with Crippen molar-refractivity contribution >= 4 is 23.2 Å². The molecule has 0 saturated carbocycles. The zero-order chi connectivity index (χ0) is 11.4. The Morgan fingerprint density at radius 3 is 2.73 bits per heavy atom. The first kappa shape index (κ1) is 12.4. The molecule has 0 fully saturated rings. The Labute approximate surface area is 99.1 Å². The second-order valence-corrected chi connectivity index (χ2v) is 3.67. The largest absolute Gasteiger partial charge is 0.492 e. The molecule has 1 rings (SSSR count). The monoisotopic (exact) mass is 246 g/mol. The van der Waals surface area contributed by atoms with Gasteiger partial charge < -0.3 is 9.84 Å². The molecule has 0 aliphatic heterocycles. The number of halogens is 2. The lowest BCUT2D eigenvalue weighted by Gasteiger charge is -2.14. The van der Waals surface area contributed by atoms with Crippen LogP contribution in [0.2, 0.25) is 10.0 Å². The van der Waals surface area contributed by atoms with Crippen LogP contribution in [0.1, 0.15) is 18.6 Å². The molecule has 1 unspecified atom stereocenters. The van der Waals surface area contributed by atoms with Crippen molar-refractivity contribution in [3.63, 3.8) is 0 Å². The second-order valence-electron chi connectivity index (χ2n) is 2.89. The van der Waals surface area contributed by atoms with Gasteiger partial charge in [0.2, 0.25) is 0 Å². The van der Waals surface area contributed by atoms with E-state index in [1.165, 1.54) is 6.08 Å². The predicted molar refractivity (Wildman–Crippen MR) is 62.8 cm³/mol. The van der Waals surface area contributed by atoms with Gasteiger partial charge in [0.05, 0.1) is 17.7 Å². The van der Waals surface area contributed by atoms with Gasteiger partial charge in [-0.2, -0.15) is 0 Å². The standard InChI is InChI=1S/C11H12Cl2O2/c1-3-8(14)10-7(12)5-6-9(11(10)13)15-4-2/h3,5-6,8,14H,1,4H2,2H3. The molecule has 1 N–H and O–H groups in total. The van der Waals surface area contributed by atoms with Crippen LogP contribution in [0.25, 0.3) is 0 Å². The Balaban J connectivity index is 3.23. The molecule has 0 aliphatic carbocycles. The van der Waals surface area contributed by atoms with Gasteiger partial charge in [-0.3, -0.25) is 0 Å². The van der Waals surface area contributed by atoms with Gasteiger partial charge >= 0.3 is 0 Å². The summed E-state index contributed by atoms with van der Waals surface area (Å²) in [6.07, 6.45) is 0.480. The fourth-order valence-corrected chi connectivity index (χ4v) is 1.85. The molecule has 0 bridgehead atoms. The molecular weight excluding hydrogens is 235 g/mol. The summed E-state index contributed by atoms with van der Waals surface area (Å²) >= 11 is 12.0. The van der Waals surface area contributed by atoms with Gasteiger partial charge in [0.1, 0.15) is 5.75 Å². The van der Waals surface area contributed by atoms with Gasteiger partial charge in [-0.15, -0.1) is 6.58 Å². The van der Waals surface area contributed by atoms with E-state index in [0.717, 1.165) is 0 Å². The topological polar surface area (TPSA) is 29.5 Å². The number of rotatable bonds is 4. The lowest BCUT2D eigenvalue weighted by Crippen LogP contribution is -1.99. The minimum atomic E-state index is -0.884. The summed E-state index contributed by atoms with van der Waals surface area (Å²) in [6, 6.07) is 3.31. The summed E-state index contributed by atoms with van der Waals surface area (Å²) < 4.78 is 5.29. The van der Waals surface area contributed by atoms with E-state index in [1.807, 2.05) is 6.92 Å². The molecule has 15 heavy (non-hydrogen) atoms. The summed E-state index contributed by atoms with van der Waals surface area (Å²) in [4.78, 5) is 0. The van der Waals surface area contributed by atoms with Crippen molar-refractivity contribution in [1.82, 2.24) is 0 Å². The summed E-state index contributed by atoms with van der Waals surface area (Å²) in [5.74, 6) is 0.513. The van der Waals surface area contributed by atoms with Crippen molar-refractivity contribution in [2.45, 2.75) is 13.0 Å². The van der Waals surface area contributed by atoms with E-state index in [0.29, 0.717) is 28.0 Å². The third kappa shape index (κ3) is 2.65.